The second kappa shape index (κ2) is 5.75. The standard InChI is InChI=1S/C16H16N4O/c1-11-3-5-13(6-4-11)18-10-15-19-16(20-21-15)14-9-17-8-7-12(14)2/h3-9,18H,10H2,1-2H3. The zero-order chi connectivity index (χ0) is 14.7. The van der Waals surface area contributed by atoms with Crippen LogP contribution in [0.1, 0.15) is 17.0 Å². The third-order valence-electron chi connectivity index (χ3n) is 3.24. The van der Waals surface area contributed by atoms with Crippen molar-refractivity contribution in [3.8, 4) is 11.4 Å². The molecule has 3 rings (SSSR count). The van der Waals surface area contributed by atoms with Crippen molar-refractivity contribution < 1.29 is 4.52 Å². The van der Waals surface area contributed by atoms with Gasteiger partial charge in [-0.2, -0.15) is 4.98 Å². The monoisotopic (exact) mass is 280 g/mol. The fourth-order valence-corrected chi connectivity index (χ4v) is 1.98. The molecule has 2 aromatic heterocycles. The molecule has 0 bridgehead atoms. The zero-order valence-corrected chi connectivity index (χ0v) is 12.0. The number of nitrogens with zero attached hydrogens (tertiary/aromatic N) is 3. The van der Waals surface area contributed by atoms with Gasteiger partial charge in [0.15, 0.2) is 0 Å². The van der Waals surface area contributed by atoms with Crippen LogP contribution in [0.3, 0.4) is 0 Å². The van der Waals surface area contributed by atoms with Gasteiger partial charge in [-0.25, -0.2) is 0 Å². The molecule has 1 N–H and O–H groups in total. The van der Waals surface area contributed by atoms with E-state index in [-0.39, 0.29) is 0 Å². The lowest BCUT2D eigenvalue weighted by molar-refractivity contribution is 0.384. The van der Waals surface area contributed by atoms with Crippen LogP contribution in [0.4, 0.5) is 5.69 Å². The van der Waals surface area contributed by atoms with E-state index in [1.54, 1.807) is 12.4 Å². The number of benzene rings is 1. The molecule has 0 atom stereocenters. The first-order chi connectivity index (χ1) is 10.2. The highest BCUT2D eigenvalue weighted by atomic mass is 16.5. The van der Waals surface area contributed by atoms with Crippen molar-refractivity contribution in [3.05, 3.63) is 59.7 Å². The van der Waals surface area contributed by atoms with Crippen LogP contribution in [0.2, 0.25) is 0 Å². The van der Waals surface area contributed by atoms with Crippen LogP contribution in [0.25, 0.3) is 11.4 Å². The number of hydrogen-bond acceptors (Lipinski definition) is 5. The molecule has 0 spiro atoms. The minimum absolute atomic E-state index is 0.495. The van der Waals surface area contributed by atoms with E-state index in [9.17, 15) is 0 Å². The lowest BCUT2D eigenvalue weighted by Gasteiger charge is -2.03. The first kappa shape index (κ1) is 13.3. The zero-order valence-electron chi connectivity index (χ0n) is 12.0. The molecule has 106 valence electrons. The Hall–Kier alpha value is -2.69. The second-order valence-electron chi connectivity index (χ2n) is 4.92. The van der Waals surface area contributed by atoms with E-state index in [1.807, 2.05) is 25.1 Å². The molecule has 0 radical (unpaired) electrons. The summed E-state index contributed by atoms with van der Waals surface area (Å²) in [5.74, 6) is 1.12. The Morgan fingerprint density at radius 3 is 2.67 bits per heavy atom. The summed E-state index contributed by atoms with van der Waals surface area (Å²) in [5.41, 5.74) is 4.22. The molecule has 0 amide bonds. The van der Waals surface area contributed by atoms with E-state index in [2.05, 4.69) is 39.5 Å². The number of nitrogens with one attached hydrogen (secondary N) is 1. The molecule has 21 heavy (non-hydrogen) atoms. The maximum absolute atomic E-state index is 5.27. The maximum Gasteiger partial charge on any atom is 0.246 e. The average Bonchev–Trinajstić information content (AvgIpc) is 2.96. The van der Waals surface area contributed by atoms with Gasteiger partial charge < -0.3 is 9.84 Å². The maximum atomic E-state index is 5.27. The summed E-state index contributed by atoms with van der Waals surface area (Å²) in [5, 5.41) is 7.26. The molecule has 5 nitrogen and oxygen atoms in total. The number of anilines is 1. The highest BCUT2D eigenvalue weighted by Gasteiger charge is 2.10. The lowest BCUT2D eigenvalue weighted by atomic mass is 10.1. The Labute approximate surface area is 123 Å². The highest BCUT2D eigenvalue weighted by Crippen LogP contribution is 2.19. The van der Waals surface area contributed by atoms with E-state index in [4.69, 9.17) is 4.52 Å². The molecule has 0 aliphatic carbocycles. The molecule has 1 aromatic carbocycles. The number of aromatic nitrogens is 3. The molecule has 0 aliphatic rings. The third-order valence-corrected chi connectivity index (χ3v) is 3.24. The van der Waals surface area contributed by atoms with Crippen molar-refractivity contribution >= 4 is 5.69 Å². The largest absolute Gasteiger partial charge is 0.376 e. The van der Waals surface area contributed by atoms with Crippen LogP contribution in [0, 0.1) is 13.8 Å². The molecule has 5 heteroatoms. The van der Waals surface area contributed by atoms with Gasteiger partial charge in [0.05, 0.1) is 6.54 Å². The van der Waals surface area contributed by atoms with Gasteiger partial charge in [0, 0.05) is 23.6 Å². The number of pyridine rings is 1. The molecule has 0 saturated heterocycles. The first-order valence-electron chi connectivity index (χ1n) is 6.76. The summed E-state index contributed by atoms with van der Waals surface area (Å²) in [4.78, 5) is 8.49. The fraction of sp³-hybridized carbons (Fsp3) is 0.188. The van der Waals surface area contributed by atoms with Gasteiger partial charge in [0.25, 0.3) is 0 Å². The summed E-state index contributed by atoms with van der Waals surface area (Å²) in [6.07, 6.45) is 3.50. The molecule has 0 saturated carbocycles. The minimum atomic E-state index is 0.495. The van der Waals surface area contributed by atoms with Crippen molar-refractivity contribution in [2.45, 2.75) is 20.4 Å². The van der Waals surface area contributed by atoms with Crippen molar-refractivity contribution in [3.63, 3.8) is 0 Å². The van der Waals surface area contributed by atoms with E-state index in [0.29, 0.717) is 18.3 Å². The summed E-state index contributed by atoms with van der Waals surface area (Å²) in [6, 6.07) is 10.1. The van der Waals surface area contributed by atoms with Crippen LogP contribution in [0.15, 0.2) is 47.2 Å². The van der Waals surface area contributed by atoms with E-state index in [0.717, 1.165) is 16.8 Å². The SMILES string of the molecule is Cc1ccc(NCc2nc(-c3cnccc3C)no2)cc1. The second-order valence-corrected chi connectivity index (χ2v) is 4.92. The third kappa shape index (κ3) is 3.08. The van der Waals surface area contributed by atoms with Crippen molar-refractivity contribution in [2.75, 3.05) is 5.32 Å². The number of rotatable bonds is 4. The molecule has 0 unspecified atom stereocenters. The summed E-state index contributed by atoms with van der Waals surface area (Å²) < 4.78 is 5.27. The predicted octanol–water partition coefficient (Wildman–Crippen LogP) is 3.36. The van der Waals surface area contributed by atoms with Gasteiger partial charge in [-0.05, 0) is 37.6 Å². The van der Waals surface area contributed by atoms with Crippen LogP contribution in [-0.4, -0.2) is 15.1 Å². The smallest absolute Gasteiger partial charge is 0.246 e. The van der Waals surface area contributed by atoms with Crippen molar-refractivity contribution in [2.24, 2.45) is 0 Å². The lowest BCUT2D eigenvalue weighted by Crippen LogP contribution is -1.99. The minimum Gasteiger partial charge on any atom is -0.376 e. The van der Waals surface area contributed by atoms with Gasteiger partial charge in [0.2, 0.25) is 11.7 Å². The molecule has 2 heterocycles. The normalized spacial score (nSPS) is 10.6. The molecule has 3 aromatic rings. The van der Waals surface area contributed by atoms with Gasteiger partial charge in [-0.15, -0.1) is 0 Å². The molecular formula is C16H16N4O. The Balaban J connectivity index is 1.71. The molecule has 0 fully saturated rings. The van der Waals surface area contributed by atoms with Gasteiger partial charge in [0.1, 0.15) is 0 Å². The Bertz CT molecular complexity index is 734. The predicted molar refractivity (Wildman–Crippen MR) is 80.8 cm³/mol. The summed E-state index contributed by atoms with van der Waals surface area (Å²) in [6.45, 7) is 4.55. The Morgan fingerprint density at radius 2 is 1.90 bits per heavy atom. The molecule has 0 aliphatic heterocycles. The summed E-state index contributed by atoms with van der Waals surface area (Å²) in [7, 11) is 0. The van der Waals surface area contributed by atoms with E-state index < -0.39 is 0 Å². The molecular weight excluding hydrogens is 264 g/mol. The topological polar surface area (TPSA) is 63.8 Å². The van der Waals surface area contributed by atoms with Crippen molar-refractivity contribution in [1.29, 1.82) is 0 Å². The average molecular weight is 280 g/mol. The Kier molecular flexibility index (Phi) is 3.64. The van der Waals surface area contributed by atoms with Gasteiger partial charge in [-0.1, -0.05) is 22.9 Å². The fourth-order valence-electron chi connectivity index (χ4n) is 1.98. The quantitative estimate of drug-likeness (QED) is 0.794. The van der Waals surface area contributed by atoms with E-state index >= 15 is 0 Å². The highest BCUT2D eigenvalue weighted by molar-refractivity contribution is 5.57. The number of aryl methyl sites for hydroxylation is 2. The van der Waals surface area contributed by atoms with Crippen LogP contribution < -0.4 is 5.32 Å². The van der Waals surface area contributed by atoms with Crippen LogP contribution in [0.5, 0.6) is 0 Å². The van der Waals surface area contributed by atoms with Gasteiger partial charge >= 0.3 is 0 Å². The van der Waals surface area contributed by atoms with Crippen LogP contribution in [-0.2, 0) is 6.54 Å². The Morgan fingerprint density at radius 1 is 1.10 bits per heavy atom. The summed E-state index contributed by atoms with van der Waals surface area (Å²) >= 11 is 0. The van der Waals surface area contributed by atoms with Crippen LogP contribution >= 0.6 is 0 Å². The van der Waals surface area contributed by atoms with Gasteiger partial charge in [-0.3, -0.25) is 4.98 Å². The number of hydrogen-bond donors (Lipinski definition) is 1. The first-order valence-corrected chi connectivity index (χ1v) is 6.76. The van der Waals surface area contributed by atoms with E-state index in [1.165, 1.54) is 5.56 Å². The van der Waals surface area contributed by atoms with Crippen molar-refractivity contribution in [1.82, 2.24) is 15.1 Å².